The van der Waals surface area contributed by atoms with Crippen molar-refractivity contribution in [2.45, 2.75) is 11.3 Å². The van der Waals surface area contributed by atoms with Crippen LogP contribution in [0.1, 0.15) is 5.56 Å². The van der Waals surface area contributed by atoms with Gasteiger partial charge in [-0.1, -0.05) is 42.5 Å². The van der Waals surface area contributed by atoms with E-state index in [9.17, 15) is 8.42 Å². The number of benzene rings is 3. The van der Waals surface area contributed by atoms with Crippen molar-refractivity contribution >= 4 is 26.7 Å². The van der Waals surface area contributed by atoms with Gasteiger partial charge in [-0.05, 0) is 30.2 Å². The molecule has 3 aromatic carbocycles. The van der Waals surface area contributed by atoms with Gasteiger partial charge < -0.3 is 14.8 Å². The van der Waals surface area contributed by atoms with E-state index in [-0.39, 0.29) is 4.90 Å². The van der Waals surface area contributed by atoms with Gasteiger partial charge in [0.1, 0.15) is 5.82 Å². The van der Waals surface area contributed by atoms with E-state index in [4.69, 9.17) is 24.6 Å². The van der Waals surface area contributed by atoms with Gasteiger partial charge in [0.2, 0.25) is 10.0 Å². The van der Waals surface area contributed by atoms with Crippen LogP contribution in [0.2, 0.25) is 0 Å². The van der Waals surface area contributed by atoms with Crippen LogP contribution in [0.3, 0.4) is 0 Å². The SMILES string of the molecule is COc1cc2nc(-c3ccccc3)nc(NCCc3ccc(S(N)(=O)=O)cc3)c2cc1OC. The first kappa shape index (κ1) is 22.5. The Balaban J connectivity index is 1.66. The molecule has 170 valence electrons. The summed E-state index contributed by atoms with van der Waals surface area (Å²) in [6, 6.07) is 19.9. The number of fused-ring (bicyclic) bond motifs is 1. The van der Waals surface area contributed by atoms with E-state index in [1.807, 2.05) is 42.5 Å². The van der Waals surface area contributed by atoms with Crippen LogP contribution in [-0.4, -0.2) is 39.2 Å². The van der Waals surface area contributed by atoms with Crippen molar-refractivity contribution in [2.24, 2.45) is 5.14 Å². The monoisotopic (exact) mass is 464 g/mol. The quantitative estimate of drug-likeness (QED) is 0.409. The van der Waals surface area contributed by atoms with Crippen LogP contribution in [0.15, 0.2) is 71.6 Å². The molecule has 33 heavy (non-hydrogen) atoms. The molecule has 0 aliphatic heterocycles. The Morgan fingerprint density at radius 2 is 1.58 bits per heavy atom. The number of sulfonamides is 1. The summed E-state index contributed by atoms with van der Waals surface area (Å²) >= 11 is 0. The number of nitrogens with two attached hydrogens (primary N) is 1. The highest BCUT2D eigenvalue weighted by molar-refractivity contribution is 7.89. The second kappa shape index (κ2) is 9.43. The fraction of sp³-hybridized carbons (Fsp3) is 0.167. The number of nitrogens with zero attached hydrogens (tertiary/aromatic N) is 2. The number of ether oxygens (including phenoxy) is 2. The summed E-state index contributed by atoms with van der Waals surface area (Å²) in [4.78, 5) is 9.59. The predicted molar refractivity (Wildman–Crippen MR) is 128 cm³/mol. The number of nitrogens with one attached hydrogen (secondary N) is 1. The molecule has 8 nitrogen and oxygen atoms in total. The Labute approximate surface area is 192 Å². The number of aromatic nitrogens is 2. The Hall–Kier alpha value is -3.69. The first-order valence-corrected chi connectivity index (χ1v) is 11.8. The van der Waals surface area contributed by atoms with Crippen molar-refractivity contribution in [3.63, 3.8) is 0 Å². The van der Waals surface area contributed by atoms with Crippen LogP contribution in [0, 0.1) is 0 Å². The molecule has 0 amide bonds. The molecule has 0 saturated carbocycles. The Kier molecular flexibility index (Phi) is 6.43. The van der Waals surface area contributed by atoms with Gasteiger partial charge in [0.05, 0.1) is 24.6 Å². The fourth-order valence-corrected chi connectivity index (χ4v) is 3.99. The predicted octanol–water partition coefficient (Wildman–Crippen LogP) is 3.62. The molecule has 0 bridgehead atoms. The van der Waals surface area contributed by atoms with Crippen molar-refractivity contribution in [1.82, 2.24) is 9.97 Å². The smallest absolute Gasteiger partial charge is 0.238 e. The van der Waals surface area contributed by atoms with Crippen molar-refractivity contribution in [3.05, 3.63) is 72.3 Å². The molecule has 1 aromatic heterocycles. The van der Waals surface area contributed by atoms with Crippen LogP contribution in [0.25, 0.3) is 22.3 Å². The maximum Gasteiger partial charge on any atom is 0.238 e. The lowest BCUT2D eigenvalue weighted by Gasteiger charge is -2.14. The van der Waals surface area contributed by atoms with Crippen LogP contribution in [0.5, 0.6) is 11.5 Å². The number of hydrogen-bond donors (Lipinski definition) is 2. The molecular formula is C24H24N4O4S. The zero-order valence-electron chi connectivity index (χ0n) is 18.3. The summed E-state index contributed by atoms with van der Waals surface area (Å²) < 4.78 is 33.8. The van der Waals surface area contributed by atoms with E-state index >= 15 is 0 Å². The van der Waals surface area contributed by atoms with E-state index in [1.54, 1.807) is 26.4 Å². The van der Waals surface area contributed by atoms with Crippen molar-refractivity contribution in [2.75, 3.05) is 26.1 Å². The standard InChI is InChI=1S/C24H24N4O4S/c1-31-21-14-19-20(15-22(21)32-2)27-23(17-6-4-3-5-7-17)28-24(19)26-13-12-16-8-10-18(11-9-16)33(25,29)30/h3-11,14-15H,12-13H2,1-2H3,(H2,25,29,30)(H,26,27,28). The third kappa shape index (κ3) is 5.05. The van der Waals surface area contributed by atoms with Gasteiger partial charge in [-0.15, -0.1) is 0 Å². The summed E-state index contributed by atoms with van der Waals surface area (Å²) in [5, 5.41) is 9.36. The highest BCUT2D eigenvalue weighted by Crippen LogP contribution is 2.35. The molecule has 9 heteroatoms. The molecule has 0 fully saturated rings. The van der Waals surface area contributed by atoms with Crippen molar-refractivity contribution in [1.29, 1.82) is 0 Å². The lowest BCUT2D eigenvalue weighted by Crippen LogP contribution is -2.12. The molecule has 0 aliphatic carbocycles. The van der Waals surface area contributed by atoms with Gasteiger partial charge >= 0.3 is 0 Å². The molecule has 1 heterocycles. The van der Waals surface area contributed by atoms with E-state index in [1.165, 1.54) is 12.1 Å². The first-order valence-electron chi connectivity index (χ1n) is 10.2. The van der Waals surface area contributed by atoms with Crippen molar-refractivity contribution in [3.8, 4) is 22.9 Å². The molecule has 0 saturated heterocycles. The minimum Gasteiger partial charge on any atom is -0.493 e. The molecule has 4 rings (SSSR count). The molecule has 4 aromatic rings. The Morgan fingerprint density at radius 3 is 2.21 bits per heavy atom. The maximum atomic E-state index is 11.4. The molecule has 0 aliphatic rings. The summed E-state index contributed by atoms with van der Waals surface area (Å²) in [6.45, 7) is 0.573. The van der Waals surface area contributed by atoms with Crippen LogP contribution < -0.4 is 19.9 Å². The molecule has 0 spiro atoms. The minimum absolute atomic E-state index is 0.0922. The maximum absolute atomic E-state index is 11.4. The summed E-state index contributed by atoms with van der Waals surface area (Å²) in [7, 11) is -0.534. The van der Waals surface area contributed by atoms with Crippen LogP contribution in [0.4, 0.5) is 5.82 Å². The number of rotatable bonds is 8. The lowest BCUT2D eigenvalue weighted by atomic mass is 10.1. The molecule has 0 atom stereocenters. The van der Waals surface area contributed by atoms with Crippen LogP contribution >= 0.6 is 0 Å². The summed E-state index contributed by atoms with van der Waals surface area (Å²) in [5.41, 5.74) is 2.59. The second-order valence-electron chi connectivity index (χ2n) is 7.35. The Morgan fingerprint density at radius 1 is 0.909 bits per heavy atom. The minimum atomic E-state index is -3.71. The average Bonchev–Trinajstić information content (AvgIpc) is 2.83. The molecule has 3 N–H and O–H groups in total. The van der Waals surface area contributed by atoms with Gasteiger partial charge in [-0.3, -0.25) is 0 Å². The first-order chi connectivity index (χ1) is 15.9. The molecule has 0 unspecified atom stereocenters. The topological polar surface area (TPSA) is 116 Å². The zero-order valence-corrected chi connectivity index (χ0v) is 19.1. The van der Waals surface area contributed by atoms with Gasteiger partial charge in [-0.25, -0.2) is 23.5 Å². The Bertz CT molecular complexity index is 1380. The number of methoxy groups -OCH3 is 2. The van der Waals surface area contributed by atoms with E-state index < -0.39 is 10.0 Å². The normalized spacial score (nSPS) is 11.4. The third-order valence-corrected chi connectivity index (χ3v) is 6.12. The average molecular weight is 465 g/mol. The zero-order chi connectivity index (χ0) is 23.4. The number of anilines is 1. The molecule has 0 radical (unpaired) electrons. The molecular weight excluding hydrogens is 440 g/mol. The van der Waals surface area contributed by atoms with Crippen molar-refractivity contribution < 1.29 is 17.9 Å². The summed E-state index contributed by atoms with van der Waals surface area (Å²) in [5.74, 6) is 2.43. The van der Waals surface area contributed by atoms with Gasteiger partial charge in [-0.2, -0.15) is 0 Å². The highest BCUT2D eigenvalue weighted by Gasteiger charge is 2.14. The largest absolute Gasteiger partial charge is 0.493 e. The van der Waals surface area contributed by atoms with Gasteiger partial charge in [0, 0.05) is 23.6 Å². The van der Waals surface area contributed by atoms with E-state index in [0.717, 1.165) is 22.0 Å². The van der Waals surface area contributed by atoms with Crippen LogP contribution in [-0.2, 0) is 16.4 Å². The van der Waals surface area contributed by atoms with Gasteiger partial charge in [0.25, 0.3) is 0 Å². The third-order valence-electron chi connectivity index (χ3n) is 5.19. The van der Waals surface area contributed by atoms with E-state index in [0.29, 0.717) is 36.1 Å². The number of hydrogen-bond acceptors (Lipinski definition) is 7. The summed E-state index contributed by atoms with van der Waals surface area (Å²) in [6.07, 6.45) is 0.657. The fourth-order valence-electron chi connectivity index (χ4n) is 3.48. The lowest BCUT2D eigenvalue weighted by molar-refractivity contribution is 0.356. The highest BCUT2D eigenvalue weighted by atomic mass is 32.2. The van der Waals surface area contributed by atoms with Gasteiger partial charge in [0.15, 0.2) is 17.3 Å². The number of primary sulfonamides is 1. The second-order valence-corrected chi connectivity index (χ2v) is 8.91. The van der Waals surface area contributed by atoms with E-state index in [2.05, 4.69) is 5.32 Å².